The van der Waals surface area contributed by atoms with E-state index in [1.807, 2.05) is 0 Å². The number of alkyl halides is 2. The van der Waals surface area contributed by atoms with E-state index < -0.39 is 18.8 Å². The molecule has 0 radical (unpaired) electrons. The fraction of sp³-hybridized carbons (Fsp3) is 0.200. The number of halogens is 3. The second-order valence-corrected chi connectivity index (χ2v) is 2.59. The van der Waals surface area contributed by atoms with Crippen LogP contribution in [0.1, 0.15) is 5.56 Å². The molecule has 0 aliphatic heterocycles. The predicted octanol–water partition coefficient (Wildman–Crippen LogP) is 3.11. The van der Waals surface area contributed by atoms with Crippen molar-refractivity contribution in [3.63, 3.8) is 0 Å². The van der Waals surface area contributed by atoms with Crippen LogP contribution in [-0.2, 0) is 0 Å². The van der Waals surface area contributed by atoms with E-state index in [9.17, 15) is 13.2 Å². The molecule has 0 aromatic heterocycles. The fourth-order valence-corrected chi connectivity index (χ4v) is 0.922. The number of benzene rings is 1. The molecule has 76 valence electrons. The van der Waals surface area contributed by atoms with Crippen molar-refractivity contribution in [3.05, 3.63) is 36.2 Å². The zero-order chi connectivity index (χ0) is 10.6. The van der Waals surface area contributed by atoms with E-state index in [0.29, 0.717) is 5.56 Å². The van der Waals surface area contributed by atoms with Crippen molar-refractivity contribution in [3.8, 4) is 5.75 Å². The van der Waals surface area contributed by atoms with Gasteiger partial charge in [-0.1, -0.05) is 12.7 Å². The molecule has 1 aromatic rings. The van der Waals surface area contributed by atoms with Crippen LogP contribution in [0.5, 0.6) is 5.75 Å². The van der Waals surface area contributed by atoms with Crippen molar-refractivity contribution >= 4 is 6.08 Å². The summed E-state index contributed by atoms with van der Waals surface area (Å²) in [6.07, 6.45) is -1.22. The highest BCUT2D eigenvalue weighted by molar-refractivity contribution is 5.49. The van der Waals surface area contributed by atoms with Gasteiger partial charge < -0.3 is 4.74 Å². The van der Waals surface area contributed by atoms with Crippen molar-refractivity contribution in [2.45, 2.75) is 6.43 Å². The predicted molar refractivity (Wildman–Crippen MR) is 48.0 cm³/mol. The van der Waals surface area contributed by atoms with Crippen LogP contribution in [0.4, 0.5) is 13.2 Å². The Labute approximate surface area is 79.8 Å². The molecule has 0 heterocycles. The molecule has 0 aliphatic carbocycles. The third-order valence-corrected chi connectivity index (χ3v) is 1.57. The number of rotatable bonds is 4. The molecule has 0 aliphatic rings. The molecule has 0 amide bonds. The maximum absolute atomic E-state index is 13.0. The Morgan fingerprint density at radius 1 is 1.43 bits per heavy atom. The average molecular weight is 202 g/mol. The van der Waals surface area contributed by atoms with Crippen LogP contribution >= 0.6 is 0 Å². The highest BCUT2D eigenvalue weighted by atomic mass is 19.3. The van der Waals surface area contributed by atoms with Crippen molar-refractivity contribution < 1.29 is 17.9 Å². The zero-order valence-corrected chi connectivity index (χ0v) is 7.34. The lowest BCUT2D eigenvalue weighted by molar-refractivity contribution is 0.0817. The molecule has 4 heteroatoms. The minimum Gasteiger partial charge on any atom is -0.488 e. The maximum atomic E-state index is 13.0. The summed E-state index contributed by atoms with van der Waals surface area (Å²) in [4.78, 5) is 0. The van der Waals surface area contributed by atoms with Crippen LogP contribution in [0.25, 0.3) is 6.08 Å². The molecular formula is C10H9F3O. The normalized spacial score (nSPS) is 10.3. The molecule has 0 saturated heterocycles. The first-order valence-electron chi connectivity index (χ1n) is 3.96. The zero-order valence-electron chi connectivity index (χ0n) is 7.34. The van der Waals surface area contributed by atoms with Gasteiger partial charge in [0, 0.05) is 11.6 Å². The summed E-state index contributed by atoms with van der Waals surface area (Å²) >= 11 is 0. The molecule has 1 aromatic carbocycles. The Balaban J connectivity index is 2.71. The number of ether oxygens (including phenoxy) is 1. The largest absolute Gasteiger partial charge is 0.488 e. The van der Waals surface area contributed by atoms with Crippen LogP contribution in [0, 0.1) is 5.82 Å². The van der Waals surface area contributed by atoms with Crippen molar-refractivity contribution in [2.24, 2.45) is 0 Å². The van der Waals surface area contributed by atoms with Gasteiger partial charge in [0.05, 0.1) is 0 Å². The van der Waals surface area contributed by atoms with Gasteiger partial charge in [-0.3, -0.25) is 0 Å². The molecule has 0 saturated carbocycles. The lowest BCUT2D eigenvalue weighted by Gasteiger charge is -2.05. The number of hydrogen-bond donors (Lipinski definition) is 0. The van der Waals surface area contributed by atoms with Gasteiger partial charge in [0.1, 0.15) is 18.2 Å². The Hall–Kier alpha value is -1.45. The fourth-order valence-electron chi connectivity index (χ4n) is 0.922. The Morgan fingerprint density at radius 2 is 2.14 bits per heavy atom. The van der Waals surface area contributed by atoms with Gasteiger partial charge in [0.15, 0.2) is 0 Å². The summed E-state index contributed by atoms with van der Waals surface area (Å²) in [5.41, 5.74) is 0.314. The van der Waals surface area contributed by atoms with E-state index in [1.165, 1.54) is 18.2 Å². The monoisotopic (exact) mass is 202 g/mol. The van der Waals surface area contributed by atoms with E-state index in [2.05, 4.69) is 11.3 Å². The van der Waals surface area contributed by atoms with Crippen LogP contribution < -0.4 is 4.74 Å². The van der Waals surface area contributed by atoms with Crippen LogP contribution in [0.2, 0.25) is 0 Å². The van der Waals surface area contributed by atoms with Crippen molar-refractivity contribution in [1.29, 1.82) is 0 Å². The molecule has 0 atom stereocenters. The molecule has 0 unspecified atom stereocenters. The second kappa shape index (κ2) is 4.69. The summed E-state index contributed by atoms with van der Waals surface area (Å²) in [6, 6.07) is 3.89. The van der Waals surface area contributed by atoms with Gasteiger partial charge in [-0.15, -0.1) is 0 Å². The summed E-state index contributed by atoms with van der Waals surface area (Å²) in [5, 5.41) is 0. The molecule has 0 fully saturated rings. The van der Waals surface area contributed by atoms with Crippen LogP contribution in [0.15, 0.2) is 24.8 Å². The van der Waals surface area contributed by atoms with Gasteiger partial charge in [-0.2, -0.15) is 0 Å². The molecule has 1 rings (SSSR count). The summed E-state index contributed by atoms with van der Waals surface area (Å²) < 4.78 is 41.1. The summed E-state index contributed by atoms with van der Waals surface area (Å²) in [5.74, 6) is -0.444. The first kappa shape index (κ1) is 10.6. The lowest BCUT2D eigenvalue weighted by atomic mass is 10.2. The average Bonchev–Trinajstić information content (AvgIpc) is 2.15. The third-order valence-electron chi connectivity index (χ3n) is 1.57. The first-order valence-corrected chi connectivity index (χ1v) is 3.96. The van der Waals surface area contributed by atoms with Crippen LogP contribution in [0.3, 0.4) is 0 Å². The highest BCUT2D eigenvalue weighted by Gasteiger charge is 2.05. The van der Waals surface area contributed by atoms with E-state index in [-0.39, 0.29) is 5.75 Å². The highest BCUT2D eigenvalue weighted by Crippen LogP contribution is 2.17. The van der Waals surface area contributed by atoms with Crippen molar-refractivity contribution in [2.75, 3.05) is 6.61 Å². The lowest BCUT2D eigenvalue weighted by Crippen LogP contribution is -2.07. The maximum Gasteiger partial charge on any atom is 0.272 e. The van der Waals surface area contributed by atoms with E-state index >= 15 is 0 Å². The third kappa shape index (κ3) is 2.80. The molecule has 0 N–H and O–H groups in total. The van der Waals surface area contributed by atoms with E-state index in [0.717, 1.165) is 6.07 Å². The molecule has 0 bridgehead atoms. The quantitative estimate of drug-likeness (QED) is 0.728. The van der Waals surface area contributed by atoms with Gasteiger partial charge in [-0.05, 0) is 12.1 Å². The second-order valence-electron chi connectivity index (χ2n) is 2.59. The van der Waals surface area contributed by atoms with Gasteiger partial charge in [0.25, 0.3) is 6.43 Å². The minimum atomic E-state index is -2.56. The van der Waals surface area contributed by atoms with Crippen molar-refractivity contribution in [1.82, 2.24) is 0 Å². The number of hydrogen-bond acceptors (Lipinski definition) is 1. The molecule has 0 spiro atoms. The molecular weight excluding hydrogens is 193 g/mol. The Bertz CT molecular complexity index is 323. The molecule has 14 heavy (non-hydrogen) atoms. The van der Waals surface area contributed by atoms with E-state index in [1.54, 1.807) is 0 Å². The Morgan fingerprint density at radius 3 is 2.64 bits per heavy atom. The van der Waals surface area contributed by atoms with Crippen LogP contribution in [-0.4, -0.2) is 13.0 Å². The SMILES string of the molecule is C=Cc1ccc(OCC(F)F)cc1F. The molecule has 1 nitrogen and oxygen atoms in total. The van der Waals surface area contributed by atoms with Gasteiger partial charge >= 0.3 is 0 Å². The smallest absolute Gasteiger partial charge is 0.272 e. The summed E-state index contributed by atoms with van der Waals surface area (Å²) in [7, 11) is 0. The first-order chi connectivity index (χ1) is 6.63. The van der Waals surface area contributed by atoms with Gasteiger partial charge in [0.2, 0.25) is 0 Å². The summed E-state index contributed by atoms with van der Waals surface area (Å²) in [6.45, 7) is 2.67. The van der Waals surface area contributed by atoms with Gasteiger partial charge in [-0.25, -0.2) is 13.2 Å². The topological polar surface area (TPSA) is 9.23 Å². The van der Waals surface area contributed by atoms with E-state index in [4.69, 9.17) is 0 Å². The minimum absolute atomic E-state index is 0.0911. The Kier molecular flexibility index (Phi) is 3.56. The standard InChI is InChI=1S/C10H9F3O/c1-2-7-3-4-8(5-9(7)11)14-6-10(12)13/h2-5,10H,1,6H2.